The number of rotatable bonds is 4. The average molecular weight is 379 g/mol. The number of nitrogens with one attached hydrogen (secondary N) is 2. The Bertz CT molecular complexity index is 789. The zero-order valence-corrected chi connectivity index (χ0v) is 15.5. The molecule has 0 atom stereocenters. The Kier molecular flexibility index (Phi) is 5.58. The van der Waals surface area contributed by atoms with Gasteiger partial charge in [0.1, 0.15) is 5.82 Å². The number of carbonyl (C=O) groups excluding carboxylic acids is 1. The van der Waals surface area contributed by atoms with Crippen molar-refractivity contribution in [3.05, 3.63) is 35.6 Å². The molecule has 0 radical (unpaired) electrons. The minimum atomic E-state index is -2.73. The second-order valence-corrected chi connectivity index (χ2v) is 6.95. The molecule has 0 aliphatic heterocycles. The number of carbonyl (C=O) groups is 1. The number of amides is 1. The predicted octanol–water partition coefficient (Wildman–Crippen LogP) is 5.49. The topological polar surface area (TPSA) is 57.8 Å². The molecular weight excluding hydrogens is 355 g/mol. The number of alkyl halides is 2. The molecule has 0 unspecified atom stereocenters. The Morgan fingerprint density at radius 3 is 2.33 bits per heavy atom. The lowest BCUT2D eigenvalue weighted by molar-refractivity contribution is -0.145. The molecule has 2 N–H and O–H groups in total. The Balaban J connectivity index is 0.00000102. The van der Waals surface area contributed by atoms with Crippen LogP contribution < -0.4 is 5.32 Å². The van der Waals surface area contributed by atoms with Crippen molar-refractivity contribution >= 4 is 11.7 Å². The van der Waals surface area contributed by atoms with Gasteiger partial charge in [0.05, 0.1) is 5.69 Å². The SMILES string of the molecule is CC.O=C(Nc1n[nH]c(-c2ccc(F)cc2)c1C1CCC1)C1CC(F)(F)C1. The third kappa shape index (κ3) is 4.01. The second kappa shape index (κ2) is 7.74. The summed E-state index contributed by atoms with van der Waals surface area (Å²) in [6, 6.07) is 6.05. The third-order valence-corrected chi connectivity index (χ3v) is 5.15. The summed E-state index contributed by atoms with van der Waals surface area (Å²) in [7, 11) is 0. The van der Waals surface area contributed by atoms with E-state index in [-0.39, 0.29) is 11.7 Å². The van der Waals surface area contributed by atoms with Crippen LogP contribution in [0.2, 0.25) is 0 Å². The predicted molar refractivity (Wildman–Crippen MR) is 98.2 cm³/mol. The fourth-order valence-corrected chi connectivity index (χ4v) is 3.44. The van der Waals surface area contributed by atoms with Gasteiger partial charge >= 0.3 is 0 Å². The first-order chi connectivity index (χ1) is 12.9. The van der Waals surface area contributed by atoms with Crippen molar-refractivity contribution in [2.45, 2.75) is 57.8 Å². The van der Waals surface area contributed by atoms with E-state index < -0.39 is 30.6 Å². The monoisotopic (exact) mass is 379 g/mol. The van der Waals surface area contributed by atoms with Gasteiger partial charge in [0.15, 0.2) is 5.82 Å². The first-order valence-electron chi connectivity index (χ1n) is 9.46. The van der Waals surface area contributed by atoms with E-state index in [0.29, 0.717) is 5.82 Å². The van der Waals surface area contributed by atoms with Crippen molar-refractivity contribution in [2.24, 2.45) is 5.92 Å². The zero-order valence-electron chi connectivity index (χ0n) is 15.5. The molecule has 0 saturated heterocycles. The third-order valence-electron chi connectivity index (χ3n) is 5.15. The highest BCUT2D eigenvalue weighted by atomic mass is 19.3. The molecule has 2 aromatic rings. The van der Waals surface area contributed by atoms with Gasteiger partial charge in [-0.25, -0.2) is 13.2 Å². The number of nitrogens with zero attached hydrogens (tertiary/aromatic N) is 1. The fraction of sp³-hybridized carbons (Fsp3) is 0.500. The van der Waals surface area contributed by atoms with Crippen molar-refractivity contribution in [1.29, 1.82) is 0 Å². The Labute approximate surface area is 156 Å². The van der Waals surface area contributed by atoms with Gasteiger partial charge < -0.3 is 5.32 Å². The van der Waals surface area contributed by atoms with Crippen molar-refractivity contribution in [3.63, 3.8) is 0 Å². The number of aromatic nitrogens is 2. The van der Waals surface area contributed by atoms with Gasteiger partial charge in [-0.05, 0) is 43.0 Å². The quantitative estimate of drug-likeness (QED) is 0.738. The summed E-state index contributed by atoms with van der Waals surface area (Å²) in [5, 5.41) is 9.83. The number of hydrogen-bond acceptors (Lipinski definition) is 2. The highest BCUT2D eigenvalue weighted by Crippen LogP contribution is 2.45. The summed E-state index contributed by atoms with van der Waals surface area (Å²) < 4.78 is 39.1. The fourth-order valence-electron chi connectivity index (χ4n) is 3.44. The maximum Gasteiger partial charge on any atom is 0.249 e. The maximum absolute atomic E-state index is 13.2. The van der Waals surface area contributed by atoms with Crippen LogP contribution in [0.3, 0.4) is 0 Å². The maximum atomic E-state index is 13.2. The molecular formula is C20H24F3N3O. The van der Waals surface area contributed by atoms with Gasteiger partial charge in [-0.3, -0.25) is 9.89 Å². The summed E-state index contributed by atoms with van der Waals surface area (Å²) in [4.78, 5) is 12.2. The molecule has 4 rings (SSSR count). The summed E-state index contributed by atoms with van der Waals surface area (Å²) in [5.41, 5.74) is 2.42. The molecule has 7 heteroatoms. The molecule has 2 aliphatic carbocycles. The van der Waals surface area contributed by atoms with E-state index in [1.165, 1.54) is 12.1 Å². The summed E-state index contributed by atoms with van der Waals surface area (Å²) in [6.07, 6.45) is 2.25. The second-order valence-electron chi connectivity index (χ2n) is 6.95. The van der Waals surface area contributed by atoms with Crippen LogP contribution in [0, 0.1) is 11.7 Å². The molecule has 1 amide bonds. The van der Waals surface area contributed by atoms with E-state index in [9.17, 15) is 18.0 Å². The van der Waals surface area contributed by atoms with Gasteiger partial charge in [-0.2, -0.15) is 5.10 Å². The average Bonchev–Trinajstić information content (AvgIpc) is 2.97. The zero-order chi connectivity index (χ0) is 19.6. The van der Waals surface area contributed by atoms with Crippen LogP contribution in [0.25, 0.3) is 11.3 Å². The molecule has 1 aromatic heterocycles. The summed E-state index contributed by atoms with van der Waals surface area (Å²) >= 11 is 0. The lowest BCUT2D eigenvalue weighted by Crippen LogP contribution is -2.42. The van der Waals surface area contributed by atoms with E-state index in [4.69, 9.17) is 0 Å². The van der Waals surface area contributed by atoms with Crippen molar-refractivity contribution in [3.8, 4) is 11.3 Å². The standard InChI is InChI=1S/C18H18F3N3O.C2H6/c19-13-6-4-11(5-7-13)15-14(10-2-1-3-10)16(24-23-15)22-17(25)12-8-18(20,21)9-12;1-2/h4-7,10,12H,1-3,8-9H2,(H2,22,23,24,25);1-2H3. The van der Waals surface area contributed by atoms with Crippen LogP contribution in [-0.4, -0.2) is 22.0 Å². The molecule has 1 heterocycles. The van der Waals surface area contributed by atoms with Gasteiger partial charge in [-0.1, -0.05) is 20.3 Å². The molecule has 1 aromatic carbocycles. The minimum absolute atomic E-state index is 0.261. The lowest BCUT2D eigenvalue weighted by atomic mass is 9.78. The molecule has 0 bridgehead atoms. The number of benzene rings is 1. The Morgan fingerprint density at radius 2 is 1.81 bits per heavy atom. The number of hydrogen-bond donors (Lipinski definition) is 2. The van der Waals surface area contributed by atoms with E-state index in [1.54, 1.807) is 12.1 Å². The lowest BCUT2D eigenvalue weighted by Gasteiger charge is -2.33. The highest BCUT2D eigenvalue weighted by Gasteiger charge is 2.49. The number of H-pyrrole nitrogens is 1. The van der Waals surface area contributed by atoms with Crippen LogP contribution in [0.15, 0.2) is 24.3 Å². The summed E-state index contributed by atoms with van der Waals surface area (Å²) in [6.45, 7) is 4.00. The van der Waals surface area contributed by atoms with E-state index in [1.807, 2.05) is 13.8 Å². The molecule has 4 nitrogen and oxygen atoms in total. The minimum Gasteiger partial charge on any atom is -0.309 e. The molecule has 146 valence electrons. The van der Waals surface area contributed by atoms with Crippen LogP contribution >= 0.6 is 0 Å². The van der Waals surface area contributed by atoms with Gasteiger partial charge in [0, 0.05) is 29.9 Å². The normalized spacial score (nSPS) is 18.7. The van der Waals surface area contributed by atoms with Crippen molar-refractivity contribution in [2.75, 3.05) is 5.32 Å². The van der Waals surface area contributed by atoms with Crippen LogP contribution in [-0.2, 0) is 4.79 Å². The molecule has 2 fully saturated rings. The van der Waals surface area contributed by atoms with E-state index in [0.717, 1.165) is 36.1 Å². The Morgan fingerprint density at radius 1 is 1.19 bits per heavy atom. The first-order valence-corrected chi connectivity index (χ1v) is 9.46. The first kappa shape index (κ1) is 19.5. The van der Waals surface area contributed by atoms with Crippen LogP contribution in [0.5, 0.6) is 0 Å². The van der Waals surface area contributed by atoms with Gasteiger partial charge in [0.25, 0.3) is 0 Å². The van der Waals surface area contributed by atoms with Crippen LogP contribution in [0.1, 0.15) is 57.4 Å². The van der Waals surface area contributed by atoms with Gasteiger partial charge in [0.2, 0.25) is 11.8 Å². The van der Waals surface area contributed by atoms with E-state index >= 15 is 0 Å². The molecule has 2 aliphatic rings. The smallest absolute Gasteiger partial charge is 0.249 e. The van der Waals surface area contributed by atoms with Gasteiger partial charge in [-0.15, -0.1) is 0 Å². The summed E-state index contributed by atoms with van der Waals surface area (Å²) in [5.74, 6) is -3.48. The molecule has 2 saturated carbocycles. The largest absolute Gasteiger partial charge is 0.309 e. The Hall–Kier alpha value is -2.31. The van der Waals surface area contributed by atoms with Crippen molar-refractivity contribution < 1.29 is 18.0 Å². The molecule has 0 spiro atoms. The number of halogens is 3. The number of aromatic amines is 1. The highest BCUT2D eigenvalue weighted by molar-refractivity contribution is 5.94. The van der Waals surface area contributed by atoms with Crippen LogP contribution in [0.4, 0.5) is 19.0 Å². The van der Waals surface area contributed by atoms with E-state index in [2.05, 4.69) is 15.5 Å². The van der Waals surface area contributed by atoms with Crippen molar-refractivity contribution in [1.82, 2.24) is 10.2 Å². The molecule has 27 heavy (non-hydrogen) atoms. The number of anilines is 1.